The van der Waals surface area contributed by atoms with Gasteiger partial charge in [-0.1, -0.05) is 24.3 Å². The zero-order chi connectivity index (χ0) is 12.5. The SMILES string of the molecule is [Na+].[O-]c1ccc2c(c1)OCC(c1ccc(O)cc1)=C2. The molecule has 0 saturated heterocycles. The summed E-state index contributed by atoms with van der Waals surface area (Å²) in [5, 5.41) is 20.5. The third-order valence-corrected chi connectivity index (χ3v) is 2.94. The molecule has 0 atom stereocenters. The maximum absolute atomic E-state index is 11.2. The number of phenols is 1. The first kappa shape index (κ1) is 14.0. The summed E-state index contributed by atoms with van der Waals surface area (Å²) < 4.78 is 5.57. The van der Waals surface area contributed by atoms with Crippen LogP contribution in [0.5, 0.6) is 17.2 Å². The molecule has 2 aromatic carbocycles. The molecule has 3 rings (SSSR count). The van der Waals surface area contributed by atoms with Gasteiger partial charge in [0.25, 0.3) is 0 Å². The van der Waals surface area contributed by atoms with Crippen LogP contribution in [0.2, 0.25) is 0 Å². The Morgan fingerprint density at radius 1 is 1.05 bits per heavy atom. The van der Waals surface area contributed by atoms with Crippen LogP contribution in [0.3, 0.4) is 0 Å². The van der Waals surface area contributed by atoms with Crippen LogP contribution >= 0.6 is 0 Å². The Morgan fingerprint density at radius 3 is 2.53 bits per heavy atom. The van der Waals surface area contributed by atoms with Crippen molar-refractivity contribution in [3.05, 3.63) is 53.6 Å². The second kappa shape index (κ2) is 5.70. The van der Waals surface area contributed by atoms with Gasteiger partial charge < -0.3 is 14.9 Å². The van der Waals surface area contributed by atoms with Crippen LogP contribution in [-0.2, 0) is 0 Å². The molecule has 1 heterocycles. The summed E-state index contributed by atoms with van der Waals surface area (Å²) in [4.78, 5) is 0. The number of aromatic hydroxyl groups is 1. The van der Waals surface area contributed by atoms with Crippen LogP contribution in [0.1, 0.15) is 11.1 Å². The number of phenolic OH excluding ortho intramolecular Hbond substituents is 1. The fourth-order valence-electron chi connectivity index (χ4n) is 1.99. The van der Waals surface area contributed by atoms with Crippen LogP contribution in [0, 0.1) is 0 Å². The van der Waals surface area contributed by atoms with E-state index in [9.17, 15) is 10.2 Å². The molecule has 4 heteroatoms. The quantitative estimate of drug-likeness (QED) is 0.698. The first-order chi connectivity index (χ1) is 8.72. The summed E-state index contributed by atoms with van der Waals surface area (Å²) in [7, 11) is 0. The van der Waals surface area contributed by atoms with Crippen molar-refractivity contribution in [2.24, 2.45) is 0 Å². The molecule has 0 bridgehead atoms. The number of hydrogen-bond donors (Lipinski definition) is 1. The van der Waals surface area contributed by atoms with Gasteiger partial charge in [-0.2, -0.15) is 0 Å². The summed E-state index contributed by atoms with van der Waals surface area (Å²) in [6.07, 6.45) is 2.00. The van der Waals surface area contributed by atoms with Gasteiger partial charge in [0, 0.05) is 5.56 Å². The molecule has 0 aliphatic carbocycles. The van der Waals surface area contributed by atoms with E-state index in [-0.39, 0.29) is 41.1 Å². The largest absolute Gasteiger partial charge is 1.00 e. The predicted molar refractivity (Wildman–Crippen MR) is 67.4 cm³/mol. The van der Waals surface area contributed by atoms with Gasteiger partial charge in [-0.3, -0.25) is 0 Å². The Hall–Kier alpha value is -1.42. The van der Waals surface area contributed by atoms with Crippen LogP contribution in [-0.4, -0.2) is 11.7 Å². The summed E-state index contributed by atoms with van der Waals surface area (Å²) in [5.74, 6) is 0.827. The van der Waals surface area contributed by atoms with E-state index < -0.39 is 0 Å². The first-order valence-corrected chi connectivity index (χ1v) is 5.66. The Bertz CT molecular complexity index is 618. The predicted octanol–water partition coefficient (Wildman–Crippen LogP) is -0.597. The van der Waals surface area contributed by atoms with Gasteiger partial charge in [0.15, 0.2) is 0 Å². The Balaban J connectivity index is 0.00000133. The van der Waals surface area contributed by atoms with Gasteiger partial charge in [0.05, 0.1) is 0 Å². The minimum atomic E-state index is -0.0461. The van der Waals surface area contributed by atoms with E-state index in [1.807, 2.05) is 18.2 Å². The molecule has 1 aliphatic rings. The number of rotatable bonds is 1. The average Bonchev–Trinajstić information content (AvgIpc) is 2.39. The summed E-state index contributed by atoms with van der Waals surface area (Å²) in [6, 6.07) is 11.8. The number of hydrogen-bond acceptors (Lipinski definition) is 3. The van der Waals surface area contributed by atoms with Crippen molar-refractivity contribution in [3.63, 3.8) is 0 Å². The standard InChI is InChI=1S/C15H12O3.Na/c16-13-4-1-10(2-5-13)12-7-11-3-6-14(17)8-15(11)18-9-12;/h1-8,16-17H,9H2;/q;+1/p-1. The normalized spacial score (nSPS) is 12.7. The van der Waals surface area contributed by atoms with Crippen LogP contribution < -0.4 is 39.4 Å². The van der Waals surface area contributed by atoms with Gasteiger partial charge in [-0.05, 0) is 35.4 Å². The molecule has 0 saturated carbocycles. The smallest absolute Gasteiger partial charge is 0.872 e. The van der Waals surface area contributed by atoms with Crippen molar-refractivity contribution in [2.75, 3.05) is 6.61 Å². The molecule has 0 aromatic heterocycles. The molecule has 0 unspecified atom stereocenters. The zero-order valence-corrected chi connectivity index (χ0v) is 12.6. The number of fused-ring (bicyclic) bond motifs is 1. The third-order valence-electron chi connectivity index (χ3n) is 2.94. The minimum Gasteiger partial charge on any atom is -0.872 e. The Kier molecular flexibility index (Phi) is 4.20. The summed E-state index contributed by atoms with van der Waals surface area (Å²) in [6.45, 7) is 0.432. The van der Waals surface area contributed by atoms with Gasteiger partial charge in [-0.15, -0.1) is 5.75 Å². The molecule has 0 radical (unpaired) electrons. The molecule has 1 aliphatic heterocycles. The zero-order valence-electron chi connectivity index (χ0n) is 10.6. The van der Waals surface area contributed by atoms with E-state index in [1.165, 1.54) is 12.1 Å². The molecule has 0 spiro atoms. The summed E-state index contributed by atoms with van der Waals surface area (Å²) >= 11 is 0. The van der Waals surface area contributed by atoms with Crippen LogP contribution in [0.25, 0.3) is 11.6 Å². The molecule has 90 valence electrons. The van der Waals surface area contributed by atoms with E-state index in [0.717, 1.165) is 16.7 Å². The molecule has 2 aromatic rings. The molecule has 0 fully saturated rings. The van der Waals surface area contributed by atoms with Crippen molar-refractivity contribution in [3.8, 4) is 17.2 Å². The minimum absolute atomic E-state index is 0. The van der Waals surface area contributed by atoms with Gasteiger partial charge in [-0.25, -0.2) is 0 Å². The summed E-state index contributed by atoms with van der Waals surface area (Å²) in [5.41, 5.74) is 2.94. The topological polar surface area (TPSA) is 52.5 Å². The Morgan fingerprint density at radius 2 is 1.79 bits per heavy atom. The van der Waals surface area contributed by atoms with E-state index in [1.54, 1.807) is 18.2 Å². The van der Waals surface area contributed by atoms with Crippen molar-refractivity contribution >= 4 is 11.6 Å². The first-order valence-electron chi connectivity index (χ1n) is 5.66. The van der Waals surface area contributed by atoms with Crippen LogP contribution in [0.4, 0.5) is 0 Å². The van der Waals surface area contributed by atoms with Crippen molar-refractivity contribution < 1.29 is 44.5 Å². The molecule has 1 N–H and O–H groups in total. The molecular weight excluding hydrogens is 251 g/mol. The average molecular weight is 262 g/mol. The van der Waals surface area contributed by atoms with E-state index in [0.29, 0.717) is 12.4 Å². The van der Waals surface area contributed by atoms with Gasteiger partial charge in [0.1, 0.15) is 18.1 Å². The van der Waals surface area contributed by atoms with Gasteiger partial charge in [0.2, 0.25) is 0 Å². The fourth-order valence-corrected chi connectivity index (χ4v) is 1.99. The van der Waals surface area contributed by atoms with Gasteiger partial charge >= 0.3 is 29.6 Å². The number of benzene rings is 2. The Labute approximate surface area is 133 Å². The van der Waals surface area contributed by atoms with Crippen LogP contribution in [0.15, 0.2) is 42.5 Å². The molecule has 0 amide bonds. The molecule has 19 heavy (non-hydrogen) atoms. The second-order valence-corrected chi connectivity index (χ2v) is 4.20. The monoisotopic (exact) mass is 262 g/mol. The van der Waals surface area contributed by atoms with E-state index >= 15 is 0 Å². The van der Waals surface area contributed by atoms with Crippen molar-refractivity contribution in [1.29, 1.82) is 0 Å². The maximum Gasteiger partial charge on any atom is 1.00 e. The number of ether oxygens (including phenoxy) is 1. The molecule has 3 nitrogen and oxygen atoms in total. The maximum atomic E-state index is 11.2. The third kappa shape index (κ3) is 2.95. The van der Waals surface area contributed by atoms with E-state index in [2.05, 4.69) is 0 Å². The van der Waals surface area contributed by atoms with Crippen molar-refractivity contribution in [2.45, 2.75) is 0 Å². The van der Waals surface area contributed by atoms with E-state index in [4.69, 9.17) is 4.74 Å². The van der Waals surface area contributed by atoms with Crippen molar-refractivity contribution in [1.82, 2.24) is 0 Å². The fraction of sp³-hybridized carbons (Fsp3) is 0.0667. The molecular formula is C15H11NaO3. The second-order valence-electron chi connectivity index (χ2n) is 4.20.